The summed E-state index contributed by atoms with van der Waals surface area (Å²) in [4.78, 5) is 17.2. The van der Waals surface area contributed by atoms with Crippen molar-refractivity contribution in [3.8, 4) is 11.4 Å². The predicted octanol–water partition coefficient (Wildman–Crippen LogP) is 3.00. The van der Waals surface area contributed by atoms with Gasteiger partial charge in [-0.05, 0) is 56.3 Å². The highest BCUT2D eigenvalue weighted by Crippen LogP contribution is 2.21. The van der Waals surface area contributed by atoms with E-state index in [0.717, 1.165) is 50.6 Å². The fourth-order valence-corrected chi connectivity index (χ4v) is 4.70. The molecule has 8 nitrogen and oxygen atoms in total. The maximum Gasteiger partial charge on any atom is 0.230 e. The fourth-order valence-electron chi connectivity index (χ4n) is 3.94. The molecule has 4 rings (SSSR count). The number of carbonyl (C=O) groups excluding carboxylic acids is 1. The van der Waals surface area contributed by atoms with Gasteiger partial charge in [0, 0.05) is 44.1 Å². The summed E-state index contributed by atoms with van der Waals surface area (Å²) < 4.78 is 7.15. The molecule has 3 aromatic rings. The van der Waals surface area contributed by atoms with Crippen molar-refractivity contribution in [2.75, 3.05) is 57.0 Å². The van der Waals surface area contributed by atoms with Crippen molar-refractivity contribution in [1.82, 2.24) is 25.0 Å². The van der Waals surface area contributed by atoms with Crippen LogP contribution in [0.15, 0.2) is 60.0 Å². The molecule has 1 aromatic heterocycles. The minimum absolute atomic E-state index is 0.0211. The number of nitrogens with zero attached hydrogens (tertiary/aromatic N) is 5. The van der Waals surface area contributed by atoms with Gasteiger partial charge in [-0.15, -0.1) is 10.2 Å². The van der Waals surface area contributed by atoms with Gasteiger partial charge in [0.1, 0.15) is 12.1 Å². The Morgan fingerprint density at radius 3 is 2.44 bits per heavy atom. The summed E-state index contributed by atoms with van der Waals surface area (Å²) in [5, 5.41) is 11.9. The first-order valence-corrected chi connectivity index (χ1v) is 12.6. The van der Waals surface area contributed by atoms with Gasteiger partial charge >= 0.3 is 0 Å². The minimum Gasteiger partial charge on any atom is -0.497 e. The number of rotatable bonds is 10. The Kier molecular flexibility index (Phi) is 8.43. The monoisotopic (exact) mass is 480 g/mol. The van der Waals surface area contributed by atoms with Crippen molar-refractivity contribution in [1.29, 1.82) is 0 Å². The van der Waals surface area contributed by atoms with E-state index in [0.29, 0.717) is 17.5 Å². The van der Waals surface area contributed by atoms with Crippen LogP contribution in [0, 0.1) is 6.92 Å². The van der Waals surface area contributed by atoms with E-state index in [-0.39, 0.29) is 5.91 Å². The number of piperazine rings is 1. The van der Waals surface area contributed by atoms with Gasteiger partial charge in [-0.3, -0.25) is 14.3 Å². The summed E-state index contributed by atoms with van der Waals surface area (Å²) in [6, 6.07) is 16.4. The zero-order valence-electron chi connectivity index (χ0n) is 19.8. The Balaban J connectivity index is 1.12. The van der Waals surface area contributed by atoms with Crippen LogP contribution in [0.1, 0.15) is 12.0 Å². The lowest BCUT2D eigenvalue weighted by Crippen LogP contribution is -2.47. The van der Waals surface area contributed by atoms with Crippen LogP contribution in [0.2, 0.25) is 0 Å². The molecule has 0 spiro atoms. The molecule has 0 atom stereocenters. The number of aromatic nitrogens is 3. The normalized spacial score (nSPS) is 14.2. The molecule has 180 valence electrons. The maximum atomic E-state index is 12.3. The molecule has 0 unspecified atom stereocenters. The molecular formula is C25H32N6O2S. The summed E-state index contributed by atoms with van der Waals surface area (Å²) in [5.41, 5.74) is 3.43. The molecule has 0 bridgehead atoms. The minimum atomic E-state index is 0.0211. The molecule has 34 heavy (non-hydrogen) atoms. The van der Waals surface area contributed by atoms with E-state index in [1.54, 1.807) is 13.4 Å². The number of hydrogen-bond donors (Lipinski definition) is 1. The van der Waals surface area contributed by atoms with Crippen LogP contribution in [-0.4, -0.2) is 77.7 Å². The molecular weight excluding hydrogens is 448 g/mol. The van der Waals surface area contributed by atoms with E-state index in [1.807, 2.05) is 28.8 Å². The van der Waals surface area contributed by atoms with Gasteiger partial charge in [0.2, 0.25) is 5.91 Å². The summed E-state index contributed by atoms with van der Waals surface area (Å²) in [6.07, 6.45) is 2.62. The number of amides is 1. The van der Waals surface area contributed by atoms with Crippen molar-refractivity contribution < 1.29 is 9.53 Å². The van der Waals surface area contributed by atoms with E-state index in [4.69, 9.17) is 4.74 Å². The number of carbonyl (C=O) groups is 1. The number of anilines is 1. The molecule has 1 N–H and O–H groups in total. The molecule has 1 aliphatic heterocycles. The number of nitrogens with one attached hydrogen (secondary N) is 1. The van der Waals surface area contributed by atoms with E-state index < -0.39 is 0 Å². The van der Waals surface area contributed by atoms with Crippen LogP contribution in [0.5, 0.6) is 5.75 Å². The first-order chi connectivity index (χ1) is 16.6. The number of ether oxygens (including phenoxy) is 1. The van der Waals surface area contributed by atoms with Gasteiger partial charge in [0.25, 0.3) is 0 Å². The van der Waals surface area contributed by atoms with E-state index in [9.17, 15) is 4.79 Å². The Hall–Kier alpha value is -3.04. The summed E-state index contributed by atoms with van der Waals surface area (Å²) in [6.45, 7) is 7.82. The molecule has 9 heteroatoms. The lowest BCUT2D eigenvalue weighted by atomic mass is 10.2. The third-order valence-corrected chi connectivity index (χ3v) is 6.89. The van der Waals surface area contributed by atoms with Crippen LogP contribution in [0.3, 0.4) is 0 Å². The molecule has 2 heterocycles. The lowest BCUT2D eigenvalue weighted by molar-refractivity contribution is -0.118. The third-order valence-electron chi connectivity index (χ3n) is 5.94. The van der Waals surface area contributed by atoms with Gasteiger partial charge in [-0.2, -0.15) is 0 Å². The van der Waals surface area contributed by atoms with E-state index in [2.05, 4.69) is 56.5 Å². The zero-order chi connectivity index (χ0) is 23.8. The molecule has 1 aliphatic rings. The molecule has 0 radical (unpaired) electrons. The van der Waals surface area contributed by atoms with Crippen molar-refractivity contribution in [2.45, 2.75) is 18.5 Å². The molecule has 0 aliphatic carbocycles. The number of benzene rings is 2. The van der Waals surface area contributed by atoms with Crippen molar-refractivity contribution in [3.63, 3.8) is 0 Å². The Morgan fingerprint density at radius 1 is 1.03 bits per heavy atom. The van der Waals surface area contributed by atoms with Gasteiger partial charge in [0.05, 0.1) is 12.9 Å². The second-order valence-electron chi connectivity index (χ2n) is 8.34. The zero-order valence-corrected chi connectivity index (χ0v) is 20.6. The topological polar surface area (TPSA) is 75.5 Å². The average Bonchev–Trinajstić information content (AvgIpc) is 3.35. The third kappa shape index (κ3) is 6.51. The van der Waals surface area contributed by atoms with Crippen LogP contribution in [0.4, 0.5) is 5.69 Å². The Labute approximate surface area is 205 Å². The fraction of sp³-hybridized carbons (Fsp3) is 0.400. The Morgan fingerprint density at radius 2 is 1.74 bits per heavy atom. The highest BCUT2D eigenvalue weighted by atomic mass is 32.2. The smallest absolute Gasteiger partial charge is 0.230 e. The van der Waals surface area contributed by atoms with Crippen molar-refractivity contribution >= 4 is 23.4 Å². The first-order valence-electron chi connectivity index (χ1n) is 11.6. The van der Waals surface area contributed by atoms with Crippen LogP contribution in [0.25, 0.3) is 5.69 Å². The van der Waals surface area contributed by atoms with Crippen LogP contribution in [-0.2, 0) is 4.79 Å². The standard InChI is InChI=1S/C25H32N6O2S/c1-20-4-6-22(7-5-20)31-19-27-28-25(31)34-18-24(32)26-12-3-13-29-14-16-30(17-15-29)21-8-10-23(33-2)11-9-21/h4-11,19H,3,12-18H2,1-2H3,(H,26,32). The summed E-state index contributed by atoms with van der Waals surface area (Å²) in [5.74, 6) is 1.23. The first kappa shape index (κ1) is 24.1. The summed E-state index contributed by atoms with van der Waals surface area (Å²) >= 11 is 1.40. The largest absolute Gasteiger partial charge is 0.497 e. The molecule has 1 fully saturated rings. The second kappa shape index (κ2) is 11.9. The summed E-state index contributed by atoms with van der Waals surface area (Å²) in [7, 11) is 1.69. The highest BCUT2D eigenvalue weighted by molar-refractivity contribution is 7.99. The van der Waals surface area contributed by atoms with Crippen molar-refractivity contribution in [2.24, 2.45) is 0 Å². The van der Waals surface area contributed by atoms with Crippen LogP contribution < -0.4 is 15.0 Å². The average molecular weight is 481 g/mol. The Bertz CT molecular complexity index is 1050. The molecule has 2 aromatic carbocycles. The highest BCUT2D eigenvalue weighted by Gasteiger charge is 2.17. The van der Waals surface area contributed by atoms with Gasteiger partial charge in [-0.25, -0.2) is 0 Å². The SMILES string of the molecule is COc1ccc(N2CCN(CCCNC(=O)CSc3nncn3-c3ccc(C)cc3)CC2)cc1. The van der Waals surface area contributed by atoms with Gasteiger partial charge in [-0.1, -0.05) is 29.5 Å². The second-order valence-corrected chi connectivity index (χ2v) is 9.28. The maximum absolute atomic E-state index is 12.3. The van der Waals surface area contributed by atoms with Crippen LogP contribution >= 0.6 is 11.8 Å². The molecule has 0 saturated carbocycles. The lowest BCUT2D eigenvalue weighted by Gasteiger charge is -2.36. The van der Waals surface area contributed by atoms with Gasteiger partial charge in [0.15, 0.2) is 5.16 Å². The predicted molar refractivity (Wildman–Crippen MR) is 136 cm³/mol. The number of thioether (sulfide) groups is 1. The molecule has 1 amide bonds. The van der Waals surface area contributed by atoms with Gasteiger partial charge < -0.3 is 15.0 Å². The van der Waals surface area contributed by atoms with Crippen molar-refractivity contribution in [3.05, 3.63) is 60.4 Å². The number of methoxy groups -OCH3 is 1. The quantitative estimate of drug-likeness (QED) is 0.353. The molecule has 1 saturated heterocycles. The van der Waals surface area contributed by atoms with E-state index in [1.165, 1.54) is 23.0 Å². The van der Waals surface area contributed by atoms with E-state index >= 15 is 0 Å². The number of aryl methyl sites for hydroxylation is 1. The number of hydrogen-bond acceptors (Lipinski definition) is 7.